The average Bonchev–Trinajstić information content (AvgIpc) is 2.42. The normalized spacial score (nSPS) is 17.3. The molecular formula is C11H17NS. The number of aryl methyl sites for hydroxylation is 1. The van der Waals surface area contributed by atoms with Gasteiger partial charge in [0.05, 0.1) is 0 Å². The molecule has 1 N–H and O–H groups in total. The third-order valence-electron chi connectivity index (χ3n) is 2.75. The van der Waals surface area contributed by atoms with Crippen LogP contribution in [-0.4, -0.2) is 6.54 Å². The highest BCUT2D eigenvalue weighted by molar-refractivity contribution is 7.11. The summed E-state index contributed by atoms with van der Waals surface area (Å²) in [7, 11) is 0. The van der Waals surface area contributed by atoms with E-state index in [1.165, 1.54) is 35.6 Å². The first-order valence-corrected chi connectivity index (χ1v) is 5.92. The lowest BCUT2D eigenvalue weighted by Crippen LogP contribution is -2.26. The zero-order valence-corrected chi connectivity index (χ0v) is 8.99. The minimum Gasteiger partial charge on any atom is -0.312 e. The molecule has 0 bridgehead atoms. The van der Waals surface area contributed by atoms with Crippen molar-refractivity contribution in [2.75, 3.05) is 6.54 Å². The van der Waals surface area contributed by atoms with Gasteiger partial charge in [0.15, 0.2) is 0 Å². The Morgan fingerprint density at radius 2 is 2.31 bits per heavy atom. The van der Waals surface area contributed by atoms with Crippen molar-refractivity contribution in [3.8, 4) is 0 Å². The number of hydrogen-bond donors (Lipinski definition) is 1. The van der Waals surface area contributed by atoms with Crippen molar-refractivity contribution >= 4 is 11.3 Å². The summed E-state index contributed by atoms with van der Waals surface area (Å²) in [6.07, 6.45) is 4.33. The summed E-state index contributed by atoms with van der Waals surface area (Å²) in [6, 6.07) is 4.43. The number of rotatable bonds is 4. The lowest BCUT2D eigenvalue weighted by atomic mass is 9.85. The maximum atomic E-state index is 3.53. The molecule has 1 fully saturated rings. The quantitative estimate of drug-likeness (QED) is 0.779. The molecule has 1 nitrogen and oxygen atoms in total. The highest BCUT2D eigenvalue weighted by Gasteiger charge is 2.16. The van der Waals surface area contributed by atoms with Gasteiger partial charge in [-0.05, 0) is 44.4 Å². The van der Waals surface area contributed by atoms with Gasteiger partial charge in [0, 0.05) is 16.3 Å². The van der Waals surface area contributed by atoms with Crippen LogP contribution in [0.3, 0.4) is 0 Å². The van der Waals surface area contributed by atoms with E-state index in [4.69, 9.17) is 0 Å². The molecule has 13 heavy (non-hydrogen) atoms. The maximum absolute atomic E-state index is 3.53. The van der Waals surface area contributed by atoms with Crippen LogP contribution >= 0.6 is 11.3 Å². The van der Waals surface area contributed by atoms with E-state index in [0.29, 0.717) is 0 Å². The second kappa shape index (κ2) is 4.25. The van der Waals surface area contributed by atoms with Crippen LogP contribution in [0, 0.1) is 12.8 Å². The minimum atomic E-state index is 0.973. The van der Waals surface area contributed by atoms with Gasteiger partial charge in [-0.2, -0.15) is 0 Å². The monoisotopic (exact) mass is 195 g/mol. The van der Waals surface area contributed by atoms with Crippen molar-refractivity contribution in [2.45, 2.75) is 32.7 Å². The van der Waals surface area contributed by atoms with Crippen molar-refractivity contribution in [3.05, 3.63) is 21.9 Å². The van der Waals surface area contributed by atoms with Gasteiger partial charge in [-0.25, -0.2) is 0 Å². The Labute approximate surface area is 84.2 Å². The van der Waals surface area contributed by atoms with E-state index in [1.54, 1.807) is 0 Å². The summed E-state index contributed by atoms with van der Waals surface area (Å²) in [4.78, 5) is 2.89. The molecule has 0 atom stereocenters. The highest BCUT2D eigenvalue weighted by atomic mass is 32.1. The molecule has 72 valence electrons. The van der Waals surface area contributed by atoms with Gasteiger partial charge in [0.25, 0.3) is 0 Å². The molecule has 0 aromatic carbocycles. The fourth-order valence-electron chi connectivity index (χ4n) is 1.68. The molecule has 0 amide bonds. The summed E-state index contributed by atoms with van der Waals surface area (Å²) in [5.74, 6) is 0.973. The van der Waals surface area contributed by atoms with E-state index in [9.17, 15) is 0 Å². The van der Waals surface area contributed by atoms with Crippen LogP contribution < -0.4 is 5.32 Å². The fourth-order valence-corrected chi connectivity index (χ4v) is 2.54. The molecule has 0 unspecified atom stereocenters. The Morgan fingerprint density at radius 3 is 2.85 bits per heavy atom. The zero-order valence-electron chi connectivity index (χ0n) is 8.18. The zero-order chi connectivity index (χ0) is 9.10. The molecule has 1 aromatic rings. The van der Waals surface area contributed by atoms with E-state index >= 15 is 0 Å². The Kier molecular flexibility index (Phi) is 3.01. The van der Waals surface area contributed by atoms with Crippen molar-refractivity contribution in [1.82, 2.24) is 5.32 Å². The summed E-state index contributed by atoms with van der Waals surface area (Å²) in [5.41, 5.74) is 0. The van der Waals surface area contributed by atoms with Gasteiger partial charge in [0.1, 0.15) is 0 Å². The molecule has 1 aromatic heterocycles. The van der Waals surface area contributed by atoms with Crippen LogP contribution in [0.5, 0.6) is 0 Å². The largest absolute Gasteiger partial charge is 0.312 e. The first-order chi connectivity index (χ1) is 6.34. The smallest absolute Gasteiger partial charge is 0.0299 e. The second-order valence-corrected chi connectivity index (χ2v) is 5.31. The molecule has 1 heterocycles. The lowest BCUT2D eigenvalue weighted by Gasteiger charge is -2.25. The molecule has 0 radical (unpaired) electrons. The van der Waals surface area contributed by atoms with Gasteiger partial charge >= 0.3 is 0 Å². The highest BCUT2D eigenvalue weighted by Crippen LogP contribution is 2.25. The van der Waals surface area contributed by atoms with Crippen molar-refractivity contribution < 1.29 is 0 Å². The molecule has 2 heteroatoms. The molecule has 0 saturated heterocycles. The summed E-state index contributed by atoms with van der Waals surface area (Å²) < 4.78 is 0. The van der Waals surface area contributed by atoms with Crippen LogP contribution in [0.15, 0.2) is 12.1 Å². The van der Waals surface area contributed by atoms with Gasteiger partial charge < -0.3 is 5.32 Å². The molecule has 1 saturated carbocycles. The van der Waals surface area contributed by atoms with Crippen LogP contribution in [0.25, 0.3) is 0 Å². The molecule has 1 aliphatic rings. The minimum absolute atomic E-state index is 0.973. The summed E-state index contributed by atoms with van der Waals surface area (Å²) in [5, 5.41) is 3.53. The lowest BCUT2D eigenvalue weighted by molar-refractivity contribution is 0.301. The van der Waals surface area contributed by atoms with Crippen LogP contribution in [0.4, 0.5) is 0 Å². The summed E-state index contributed by atoms with van der Waals surface area (Å²) >= 11 is 1.90. The van der Waals surface area contributed by atoms with Crippen molar-refractivity contribution in [3.63, 3.8) is 0 Å². The number of hydrogen-bond acceptors (Lipinski definition) is 2. The van der Waals surface area contributed by atoms with E-state index < -0.39 is 0 Å². The van der Waals surface area contributed by atoms with E-state index in [1.807, 2.05) is 11.3 Å². The first-order valence-electron chi connectivity index (χ1n) is 5.10. The number of thiophene rings is 1. The standard InChI is InChI=1S/C11H17NS/c1-9-5-6-11(13-9)8-12-7-10-3-2-4-10/h5-6,10,12H,2-4,7-8H2,1H3. The Balaban J connectivity index is 1.67. The van der Waals surface area contributed by atoms with Crippen LogP contribution in [-0.2, 0) is 6.54 Å². The summed E-state index contributed by atoms with van der Waals surface area (Å²) in [6.45, 7) is 4.45. The van der Waals surface area contributed by atoms with Gasteiger partial charge in [0.2, 0.25) is 0 Å². The molecule has 1 aliphatic carbocycles. The fraction of sp³-hybridized carbons (Fsp3) is 0.636. The Morgan fingerprint density at radius 1 is 1.46 bits per heavy atom. The topological polar surface area (TPSA) is 12.0 Å². The predicted molar refractivity (Wildman–Crippen MR) is 58.1 cm³/mol. The molecule has 0 spiro atoms. The first kappa shape index (κ1) is 9.22. The van der Waals surface area contributed by atoms with Crippen LogP contribution in [0.2, 0.25) is 0 Å². The predicted octanol–water partition coefficient (Wildman–Crippen LogP) is 2.95. The van der Waals surface area contributed by atoms with Crippen LogP contribution in [0.1, 0.15) is 29.0 Å². The third kappa shape index (κ3) is 2.55. The average molecular weight is 195 g/mol. The van der Waals surface area contributed by atoms with E-state index in [0.717, 1.165) is 12.5 Å². The van der Waals surface area contributed by atoms with E-state index in [-0.39, 0.29) is 0 Å². The third-order valence-corrected chi connectivity index (χ3v) is 3.75. The van der Waals surface area contributed by atoms with Gasteiger partial charge in [-0.3, -0.25) is 0 Å². The van der Waals surface area contributed by atoms with Gasteiger partial charge in [-0.15, -0.1) is 11.3 Å². The molecule has 0 aliphatic heterocycles. The molecule has 2 rings (SSSR count). The Bertz CT molecular complexity index is 263. The van der Waals surface area contributed by atoms with Gasteiger partial charge in [-0.1, -0.05) is 6.42 Å². The van der Waals surface area contributed by atoms with Crippen molar-refractivity contribution in [2.24, 2.45) is 5.92 Å². The SMILES string of the molecule is Cc1ccc(CNCC2CCC2)s1. The second-order valence-electron chi connectivity index (χ2n) is 3.94. The maximum Gasteiger partial charge on any atom is 0.0299 e. The van der Waals surface area contributed by atoms with Crippen molar-refractivity contribution in [1.29, 1.82) is 0 Å². The molecular weight excluding hydrogens is 178 g/mol. The Hall–Kier alpha value is -0.340. The number of nitrogens with one attached hydrogen (secondary N) is 1. The van der Waals surface area contributed by atoms with E-state index in [2.05, 4.69) is 24.4 Å².